The van der Waals surface area contributed by atoms with Gasteiger partial charge in [0, 0.05) is 131 Å². The van der Waals surface area contributed by atoms with E-state index >= 15 is 0 Å². The fraction of sp³-hybridized carbons (Fsp3) is 0.619. The first-order chi connectivity index (χ1) is 41.8. The average molecular weight is 1350 g/mol. The summed E-state index contributed by atoms with van der Waals surface area (Å²) in [6.07, 6.45) is -4.57. The van der Waals surface area contributed by atoms with E-state index in [1.54, 1.807) is 0 Å². The maximum atomic E-state index is 14.4. The molecular formula is C63H92CoN13O14P+. The van der Waals surface area contributed by atoms with Gasteiger partial charge in [-0.25, -0.2) is 4.98 Å². The van der Waals surface area contributed by atoms with Crippen LogP contribution in [0.5, 0.6) is 0 Å². The predicted molar refractivity (Wildman–Crippen MR) is 338 cm³/mol. The number of nitrogens with zero attached hydrogens (tertiary/aromatic N) is 5. The van der Waals surface area contributed by atoms with E-state index in [-0.39, 0.29) is 101 Å². The van der Waals surface area contributed by atoms with Crippen LogP contribution in [0.3, 0.4) is 0 Å². The number of aliphatic hydroxyl groups is 2. The molecule has 506 valence electrons. The number of phosphoric ester groups is 1. The van der Waals surface area contributed by atoms with Gasteiger partial charge in [-0.05, 0) is 108 Å². The first-order valence-corrected chi connectivity index (χ1v) is 32.0. The molecule has 0 radical (unpaired) electrons. The number of benzene rings is 1. The zero-order valence-corrected chi connectivity index (χ0v) is 56.5. The number of allylic oxidation sites excluding steroid dienone is 6. The number of nitrogens with one attached hydrogen (secondary N) is 2. The van der Waals surface area contributed by atoms with E-state index in [2.05, 4.69) is 15.6 Å². The number of rotatable bonds is 26. The molecule has 8 bridgehead atoms. The molecule has 0 saturated carbocycles. The fourth-order valence-electron chi connectivity index (χ4n) is 15.4. The van der Waals surface area contributed by atoms with Crippen molar-refractivity contribution < 1.29 is 83.8 Å². The van der Waals surface area contributed by atoms with E-state index < -0.39 is 143 Å². The van der Waals surface area contributed by atoms with E-state index in [4.69, 9.17) is 63.2 Å². The van der Waals surface area contributed by atoms with Crippen molar-refractivity contribution in [3.05, 3.63) is 71.3 Å². The number of aromatic nitrogens is 2. The monoisotopic (exact) mass is 1340 g/mol. The number of hydrogen-bond acceptors (Lipinski definition) is 19. The summed E-state index contributed by atoms with van der Waals surface area (Å²) in [6.45, 7) is 19.1. The summed E-state index contributed by atoms with van der Waals surface area (Å²) < 4.78 is 31.9. The number of amides is 7. The maximum absolute atomic E-state index is 14.4. The molecule has 16 N–H and O–H groups in total. The Hall–Kier alpha value is -6.49. The summed E-state index contributed by atoms with van der Waals surface area (Å²) in [6, 6.07) is 2.67. The number of ether oxygens (including phenoxy) is 1. The Morgan fingerprint density at radius 1 is 0.815 bits per heavy atom. The summed E-state index contributed by atoms with van der Waals surface area (Å²) in [5.41, 5.74) is 37.2. The first kappa shape index (κ1) is 74.5. The second kappa shape index (κ2) is 27.8. The van der Waals surface area contributed by atoms with Gasteiger partial charge in [-0.3, -0.25) is 53.1 Å². The summed E-state index contributed by atoms with van der Waals surface area (Å²) in [4.78, 5) is 128. The van der Waals surface area contributed by atoms with Gasteiger partial charge in [-0.1, -0.05) is 34.6 Å². The molecule has 29 heteroatoms. The van der Waals surface area contributed by atoms with Gasteiger partial charge < -0.3 is 85.9 Å². The molecule has 6 aliphatic heterocycles. The number of aliphatic imine (C=N–C) groups is 3. The van der Waals surface area contributed by atoms with Crippen LogP contribution in [0.2, 0.25) is 0 Å². The molecule has 8 rings (SSSR count). The third-order valence-corrected chi connectivity index (χ3v) is 21.7. The fourth-order valence-corrected chi connectivity index (χ4v) is 16.6. The van der Waals surface area contributed by atoms with Crippen LogP contribution in [-0.4, -0.2) is 127 Å². The van der Waals surface area contributed by atoms with Crippen molar-refractivity contribution in [2.45, 2.75) is 189 Å². The molecule has 2 fully saturated rings. The van der Waals surface area contributed by atoms with E-state index in [0.29, 0.717) is 56.4 Å². The van der Waals surface area contributed by atoms with E-state index in [9.17, 15) is 53.2 Å². The topological polar surface area (TPSA) is 463 Å². The Labute approximate surface area is 547 Å². The minimum absolute atomic E-state index is 0. The first-order valence-electron chi connectivity index (χ1n) is 30.5. The van der Waals surface area contributed by atoms with Crippen molar-refractivity contribution in [3.8, 4) is 0 Å². The molecule has 1 aromatic heterocycles. The zero-order valence-electron chi connectivity index (χ0n) is 54.5. The van der Waals surface area contributed by atoms with Gasteiger partial charge in [-0.2, -0.15) is 0 Å². The van der Waals surface area contributed by atoms with E-state index in [1.807, 2.05) is 87.4 Å². The van der Waals surface area contributed by atoms with Crippen LogP contribution in [0.15, 0.2) is 67.8 Å². The van der Waals surface area contributed by atoms with Crippen molar-refractivity contribution in [3.63, 3.8) is 0 Å². The third-order valence-electron chi connectivity index (χ3n) is 20.6. The van der Waals surface area contributed by atoms with Gasteiger partial charge in [0.05, 0.1) is 41.7 Å². The van der Waals surface area contributed by atoms with Crippen molar-refractivity contribution in [1.82, 2.24) is 20.2 Å². The Morgan fingerprint density at radius 3 is 1.98 bits per heavy atom. The van der Waals surface area contributed by atoms with Crippen LogP contribution in [0.4, 0.5) is 0 Å². The number of aryl methyl sites for hydroxylation is 2. The Kier molecular flexibility index (Phi) is 22.6. The minimum atomic E-state index is -5.32. The van der Waals surface area contributed by atoms with Crippen molar-refractivity contribution in [2.75, 3.05) is 13.2 Å². The van der Waals surface area contributed by atoms with E-state index in [0.717, 1.165) is 11.1 Å². The normalized spacial score (nSPS) is 31.3. The molecule has 0 spiro atoms. The number of fused-ring (bicyclic) bond motifs is 7. The molecule has 7 heterocycles. The summed E-state index contributed by atoms with van der Waals surface area (Å²) in [5, 5.41) is 28.1. The number of aliphatic hydroxyl groups excluding tert-OH is 2. The Morgan fingerprint density at radius 2 is 1.40 bits per heavy atom. The van der Waals surface area contributed by atoms with Crippen molar-refractivity contribution >= 4 is 77.3 Å². The second-order valence-electron chi connectivity index (χ2n) is 27.1. The molecule has 27 nitrogen and oxygen atoms in total. The van der Waals surface area contributed by atoms with Crippen LogP contribution < -0.4 is 49.9 Å². The molecule has 7 amide bonds. The summed E-state index contributed by atoms with van der Waals surface area (Å²) in [7, 11) is -5.32. The predicted octanol–water partition coefficient (Wildman–Crippen LogP) is 2.98. The molecule has 2 aromatic rings. The smallest absolute Gasteiger partial charge is 0.756 e. The second-order valence-corrected chi connectivity index (χ2v) is 28.4. The molecule has 15 atom stereocenters. The number of carbonyl (C=O) groups is 7. The van der Waals surface area contributed by atoms with Gasteiger partial charge in [0.15, 0.2) is 6.23 Å². The molecule has 0 aliphatic carbocycles. The Bertz CT molecular complexity index is 3540. The van der Waals surface area contributed by atoms with Crippen LogP contribution in [0.1, 0.15) is 150 Å². The molecule has 2 saturated heterocycles. The molecule has 1 aromatic carbocycles. The molecule has 92 heavy (non-hydrogen) atoms. The number of nitrogens with two attached hydrogens (primary N) is 6. The quantitative estimate of drug-likeness (QED) is 0.0478. The summed E-state index contributed by atoms with van der Waals surface area (Å²) in [5.74, 6) is -7.24. The number of primary amides is 6. The average Bonchev–Trinajstić information content (AvgIpc) is 1.53. The van der Waals surface area contributed by atoms with Gasteiger partial charge in [0.1, 0.15) is 18.3 Å². The SMILES string of the molecule is CC1=C2N=C(C=C3NC(=C(C)C4=NC(C)(C5N=C1C(C)(CCC(=O)NCC(C)OP(=O)([O-])OC1C(CO)OC(n6cnc7cc(C)c(C)cc76)C1O)C5CC(N)=O)C(C)(CC(N)=O)C4CCC(N)=O)C(C)(CC(N)=O)C3CCC(N)=O)C(C)(C)C2CCC(N)=O.[CH3-].[Co+3]. The van der Waals surface area contributed by atoms with E-state index in [1.165, 1.54) is 17.8 Å². The van der Waals surface area contributed by atoms with Crippen molar-refractivity contribution in [2.24, 2.45) is 94.7 Å². The minimum Gasteiger partial charge on any atom is -0.756 e. The van der Waals surface area contributed by atoms with Crippen LogP contribution in [0.25, 0.3) is 11.0 Å². The number of carbonyl (C=O) groups excluding carboxylic acids is 7. The van der Waals surface area contributed by atoms with Gasteiger partial charge in [0.25, 0.3) is 7.82 Å². The standard InChI is InChI=1S/C62H90N13O14P.CH3.Co/c1-29-20-39-40(21-30(29)2)75(28-70-39)57-52(84)53(41(27-76)87-57)89-90(85,86)88-31(3)26-69-49(83)18-19-59(8)37(22-46(66)80)56-62(11)61(10,25-48(68)82)36(14-17-45(65)79)51(74-62)33(5)55-60(9,24-47(67)81)34(12-15-43(63)77)38(71-55)23-42-58(6,7)35(13-16-44(64)78)50(72-42)32(4)54(59)73-56;;/h20-21,23,28,31,34-37,41,52-53,56-57,71,76,84H,12-19,22,24-27H2,1-11H3,(H2,63,77)(H2,64,78)(H2,65,79)(H2,66,80)(H2,67,81)(H2,68,82)(H,69,83)(H,85,86);1H3;/q;-1;+3/p-1. The number of phosphoric acid groups is 1. The largest absolute Gasteiger partial charge is 3.00 e. The number of imidazole rings is 1. The molecular weight excluding hydrogens is 1250 g/mol. The van der Waals surface area contributed by atoms with Crippen LogP contribution in [-0.2, 0) is 68.7 Å². The molecule has 6 aliphatic rings. The van der Waals surface area contributed by atoms with Gasteiger partial charge >= 0.3 is 16.8 Å². The zero-order chi connectivity index (χ0) is 66.7. The number of hydrogen-bond donors (Lipinski definition) is 10. The maximum Gasteiger partial charge on any atom is 3.00 e. The van der Waals surface area contributed by atoms with Gasteiger partial charge in [0.2, 0.25) is 41.4 Å². The third kappa shape index (κ3) is 14.1. The Balaban J connectivity index is 0.00000672. The molecule has 15 unspecified atom stereocenters. The van der Waals surface area contributed by atoms with Crippen molar-refractivity contribution in [1.29, 1.82) is 0 Å². The van der Waals surface area contributed by atoms with Crippen LogP contribution in [0, 0.1) is 66.6 Å². The van der Waals surface area contributed by atoms with Crippen LogP contribution >= 0.6 is 7.82 Å². The summed E-state index contributed by atoms with van der Waals surface area (Å²) >= 11 is 0. The van der Waals surface area contributed by atoms with Gasteiger partial charge in [-0.15, -0.1) is 0 Å².